The third-order valence-corrected chi connectivity index (χ3v) is 5.27. The first kappa shape index (κ1) is 22.2. The smallest absolute Gasteiger partial charge is 0.0521 e. The predicted molar refractivity (Wildman–Crippen MR) is 111 cm³/mol. The molecule has 0 fully saturated rings. The summed E-state index contributed by atoms with van der Waals surface area (Å²) >= 11 is 3.50. The van der Waals surface area contributed by atoms with Gasteiger partial charge in [0.25, 0.3) is 0 Å². The van der Waals surface area contributed by atoms with Crippen molar-refractivity contribution in [3.8, 4) is 12.8 Å². The summed E-state index contributed by atoms with van der Waals surface area (Å²) in [6, 6.07) is 4.14. The summed E-state index contributed by atoms with van der Waals surface area (Å²) in [6.07, 6.45) is 17.1. The van der Waals surface area contributed by atoms with Gasteiger partial charge in [0.15, 0.2) is 0 Å². The van der Waals surface area contributed by atoms with Crippen molar-refractivity contribution in [2.75, 3.05) is 6.26 Å². The van der Waals surface area contributed by atoms with Crippen LogP contribution in [0.3, 0.4) is 0 Å². The lowest BCUT2D eigenvalue weighted by molar-refractivity contribution is 0.804. The standard InChI is InChI=1S/C17H27N3S2.C2H2/c1-4-5-8-17(21-3)13(2)16(19)10-14(11-18)20-12-15-7-6-9-22-15;1-2/h6-7,9-11,20H,4-5,8,12,18-19H2,1-3H3;1-2H/b14-11+,16-10-,17-13-;. The SMILES string of the molecule is C#C.CCCC/C(SC)=C(C)/C(N)=C/C(=C\N)NCc1cccs1. The molecule has 5 N–H and O–H groups in total. The van der Waals surface area contributed by atoms with E-state index in [-0.39, 0.29) is 0 Å². The summed E-state index contributed by atoms with van der Waals surface area (Å²) in [5.41, 5.74) is 14.7. The summed E-state index contributed by atoms with van der Waals surface area (Å²) in [5, 5.41) is 5.39. The molecule has 1 aromatic rings. The first-order valence-electron chi connectivity index (χ1n) is 7.85. The minimum absolute atomic E-state index is 0.762. The molecule has 0 aromatic carbocycles. The van der Waals surface area contributed by atoms with Crippen LogP contribution in [-0.2, 0) is 6.54 Å². The van der Waals surface area contributed by atoms with Crippen LogP contribution in [0.25, 0.3) is 0 Å². The third-order valence-electron chi connectivity index (χ3n) is 3.39. The highest BCUT2D eigenvalue weighted by Crippen LogP contribution is 2.25. The van der Waals surface area contributed by atoms with Gasteiger partial charge in [0.05, 0.1) is 5.70 Å². The van der Waals surface area contributed by atoms with Crippen LogP contribution in [0, 0.1) is 12.8 Å². The lowest BCUT2D eigenvalue weighted by Gasteiger charge is -2.12. The Balaban J connectivity index is 0.00000254. The van der Waals surface area contributed by atoms with Crippen molar-refractivity contribution in [3.05, 3.63) is 56.5 Å². The van der Waals surface area contributed by atoms with Gasteiger partial charge < -0.3 is 16.8 Å². The zero-order valence-electron chi connectivity index (χ0n) is 14.8. The van der Waals surface area contributed by atoms with E-state index in [0.717, 1.165) is 29.9 Å². The highest BCUT2D eigenvalue weighted by molar-refractivity contribution is 8.02. The third kappa shape index (κ3) is 8.19. The van der Waals surface area contributed by atoms with E-state index in [4.69, 9.17) is 11.5 Å². The first-order valence-corrected chi connectivity index (χ1v) is 9.95. The van der Waals surface area contributed by atoms with Gasteiger partial charge in [-0.15, -0.1) is 35.9 Å². The number of nitrogens with two attached hydrogens (primary N) is 2. The minimum Gasteiger partial charge on any atom is -0.403 e. The Morgan fingerprint density at radius 3 is 2.62 bits per heavy atom. The summed E-state index contributed by atoms with van der Waals surface area (Å²) in [5.74, 6) is 0. The van der Waals surface area contributed by atoms with Gasteiger partial charge in [0, 0.05) is 23.3 Å². The predicted octanol–water partition coefficient (Wildman–Crippen LogP) is 4.56. The average molecular weight is 364 g/mol. The van der Waals surface area contributed by atoms with Crippen LogP contribution in [0.2, 0.25) is 0 Å². The lowest BCUT2D eigenvalue weighted by atomic mass is 10.1. The van der Waals surface area contributed by atoms with Crippen molar-refractivity contribution in [2.45, 2.75) is 39.7 Å². The van der Waals surface area contributed by atoms with Gasteiger partial charge in [-0.25, -0.2) is 0 Å². The molecule has 0 aliphatic carbocycles. The number of thioether (sulfide) groups is 1. The van der Waals surface area contributed by atoms with Crippen LogP contribution in [0.5, 0.6) is 0 Å². The maximum Gasteiger partial charge on any atom is 0.0521 e. The molecule has 5 heteroatoms. The Morgan fingerprint density at radius 2 is 2.12 bits per heavy atom. The second-order valence-electron chi connectivity index (χ2n) is 5.01. The number of rotatable bonds is 9. The van der Waals surface area contributed by atoms with Crippen LogP contribution < -0.4 is 16.8 Å². The van der Waals surface area contributed by atoms with Gasteiger partial charge in [-0.3, -0.25) is 0 Å². The highest BCUT2D eigenvalue weighted by Gasteiger charge is 2.05. The molecule has 1 rings (SSSR count). The first-order chi connectivity index (χ1) is 11.6. The maximum absolute atomic E-state index is 6.25. The second kappa shape index (κ2) is 13.6. The molecule has 1 heterocycles. The molecule has 24 heavy (non-hydrogen) atoms. The molecule has 0 atom stereocenters. The van der Waals surface area contributed by atoms with E-state index in [1.807, 2.05) is 12.1 Å². The van der Waals surface area contributed by atoms with E-state index >= 15 is 0 Å². The van der Waals surface area contributed by atoms with E-state index in [1.54, 1.807) is 29.3 Å². The zero-order valence-corrected chi connectivity index (χ0v) is 16.5. The zero-order chi connectivity index (χ0) is 18.4. The van der Waals surface area contributed by atoms with Gasteiger partial charge in [-0.1, -0.05) is 19.4 Å². The maximum atomic E-state index is 6.25. The number of allylic oxidation sites excluding steroid dienone is 3. The van der Waals surface area contributed by atoms with E-state index < -0.39 is 0 Å². The van der Waals surface area contributed by atoms with E-state index in [9.17, 15) is 0 Å². The van der Waals surface area contributed by atoms with Crippen molar-refractivity contribution >= 4 is 23.1 Å². The quantitative estimate of drug-likeness (QED) is 0.445. The number of hydrogen-bond donors (Lipinski definition) is 3. The van der Waals surface area contributed by atoms with Crippen LogP contribution in [0.1, 0.15) is 38.0 Å². The van der Waals surface area contributed by atoms with E-state index in [1.165, 1.54) is 22.6 Å². The van der Waals surface area contributed by atoms with E-state index in [0.29, 0.717) is 0 Å². The van der Waals surface area contributed by atoms with Gasteiger partial charge in [-0.05, 0) is 54.0 Å². The summed E-state index contributed by atoms with van der Waals surface area (Å²) in [7, 11) is 0. The van der Waals surface area contributed by atoms with Crippen LogP contribution in [0.15, 0.2) is 51.7 Å². The number of hydrogen-bond acceptors (Lipinski definition) is 5. The Morgan fingerprint density at radius 1 is 1.42 bits per heavy atom. The highest BCUT2D eigenvalue weighted by atomic mass is 32.2. The molecule has 0 spiro atoms. The number of unbranched alkanes of at least 4 members (excludes halogenated alkanes) is 1. The van der Waals surface area contributed by atoms with Crippen molar-refractivity contribution in [2.24, 2.45) is 11.5 Å². The number of terminal acetylenes is 1. The molecular weight excluding hydrogens is 334 g/mol. The van der Waals surface area contributed by atoms with Gasteiger partial charge in [0.1, 0.15) is 0 Å². The van der Waals surface area contributed by atoms with Gasteiger partial charge in [0.2, 0.25) is 0 Å². The Labute approximate surface area is 155 Å². The van der Waals surface area contributed by atoms with Crippen LogP contribution in [0.4, 0.5) is 0 Å². The Kier molecular flexibility index (Phi) is 12.6. The Bertz CT molecular complexity index is 567. The fraction of sp³-hybridized carbons (Fsp3) is 0.368. The fourth-order valence-corrected chi connectivity index (χ4v) is 3.39. The lowest BCUT2D eigenvalue weighted by Crippen LogP contribution is -2.14. The molecule has 0 saturated carbocycles. The van der Waals surface area contributed by atoms with Crippen molar-refractivity contribution < 1.29 is 0 Å². The molecule has 0 saturated heterocycles. The molecule has 0 unspecified atom stereocenters. The average Bonchev–Trinajstić information content (AvgIpc) is 3.14. The molecule has 132 valence electrons. The van der Waals surface area contributed by atoms with Gasteiger partial charge in [-0.2, -0.15) is 0 Å². The molecule has 1 aromatic heterocycles. The molecule has 0 aliphatic heterocycles. The van der Waals surface area contributed by atoms with Crippen molar-refractivity contribution in [1.29, 1.82) is 0 Å². The van der Waals surface area contributed by atoms with E-state index in [2.05, 4.69) is 49.7 Å². The minimum atomic E-state index is 0.762. The van der Waals surface area contributed by atoms with Crippen molar-refractivity contribution in [1.82, 2.24) is 5.32 Å². The summed E-state index contributed by atoms with van der Waals surface area (Å²) < 4.78 is 0. The molecule has 3 nitrogen and oxygen atoms in total. The number of nitrogens with one attached hydrogen (secondary N) is 1. The summed E-state index contributed by atoms with van der Waals surface area (Å²) in [4.78, 5) is 2.62. The summed E-state index contributed by atoms with van der Waals surface area (Å²) in [6.45, 7) is 5.05. The molecule has 0 amide bonds. The normalized spacial score (nSPS) is 12.9. The topological polar surface area (TPSA) is 64.1 Å². The second-order valence-corrected chi connectivity index (χ2v) is 6.94. The van der Waals surface area contributed by atoms with Gasteiger partial charge >= 0.3 is 0 Å². The molecular formula is C19H29N3S2. The monoisotopic (exact) mass is 363 g/mol. The molecule has 0 radical (unpaired) electrons. The Hall–Kier alpha value is -1.77. The number of thiophene rings is 1. The van der Waals surface area contributed by atoms with Crippen LogP contribution >= 0.6 is 23.1 Å². The fourth-order valence-electron chi connectivity index (χ4n) is 1.98. The molecule has 0 bridgehead atoms. The molecule has 0 aliphatic rings. The van der Waals surface area contributed by atoms with Crippen molar-refractivity contribution in [3.63, 3.8) is 0 Å². The van der Waals surface area contributed by atoms with Crippen LogP contribution in [-0.4, -0.2) is 6.26 Å². The largest absolute Gasteiger partial charge is 0.403 e.